The summed E-state index contributed by atoms with van der Waals surface area (Å²) in [6, 6.07) is 16.1. The molecule has 4 rings (SSSR count). The zero-order valence-corrected chi connectivity index (χ0v) is 17.5. The second-order valence-corrected chi connectivity index (χ2v) is 8.09. The third-order valence-corrected chi connectivity index (χ3v) is 6.17. The van der Waals surface area contributed by atoms with Crippen LogP contribution in [0.25, 0.3) is 0 Å². The van der Waals surface area contributed by atoms with E-state index in [2.05, 4.69) is 50.5 Å². The number of nitrogen functional groups attached to an aromatic ring is 1. The van der Waals surface area contributed by atoms with Gasteiger partial charge in [0.25, 0.3) is 0 Å². The lowest BCUT2D eigenvalue weighted by Crippen LogP contribution is -2.35. The van der Waals surface area contributed by atoms with Crippen LogP contribution in [0.15, 0.2) is 54.9 Å². The van der Waals surface area contributed by atoms with Crippen molar-refractivity contribution in [2.45, 2.75) is 19.3 Å². The number of halogens is 2. The highest BCUT2D eigenvalue weighted by Crippen LogP contribution is 2.35. The average Bonchev–Trinajstić information content (AvgIpc) is 2.74. The second kappa shape index (κ2) is 8.89. The summed E-state index contributed by atoms with van der Waals surface area (Å²) in [6.45, 7) is 1.85. The molecule has 0 atom stereocenters. The Morgan fingerprint density at radius 1 is 1.00 bits per heavy atom. The van der Waals surface area contributed by atoms with E-state index in [-0.39, 0.29) is 0 Å². The van der Waals surface area contributed by atoms with E-state index in [1.807, 2.05) is 12.1 Å². The number of nitrogens with two attached hydrogens (primary N) is 1. The monoisotopic (exact) mass is 427 g/mol. The normalized spacial score (nSPS) is 14.8. The molecule has 1 aliphatic heterocycles. The number of benzene rings is 2. The Bertz CT molecular complexity index is 972. The van der Waals surface area contributed by atoms with E-state index < -0.39 is 0 Å². The minimum atomic E-state index is 0.440. The topological polar surface area (TPSA) is 67.1 Å². The first kappa shape index (κ1) is 19.8. The number of anilines is 4. The van der Waals surface area contributed by atoms with E-state index in [1.165, 1.54) is 11.9 Å². The summed E-state index contributed by atoms with van der Waals surface area (Å²) in [5, 5.41) is 4.10. The quantitative estimate of drug-likeness (QED) is 0.556. The lowest BCUT2D eigenvalue weighted by Gasteiger charge is -2.33. The molecule has 2 heterocycles. The van der Waals surface area contributed by atoms with Crippen molar-refractivity contribution in [1.29, 1.82) is 0 Å². The fraction of sp³-hybridized carbons (Fsp3) is 0.273. The Labute approximate surface area is 180 Å². The number of hydrogen-bond acceptors (Lipinski definition) is 5. The van der Waals surface area contributed by atoms with Gasteiger partial charge in [0, 0.05) is 13.1 Å². The first-order valence-corrected chi connectivity index (χ1v) is 10.5. The number of rotatable bonds is 5. The number of piperidine rings is 1. The van der Waals surface area contributed by atoms with Gasteiger partial charge in [0.2, 0.25) is 0 Å². The van der Waals surface area contributed by atoms with E-state index in [4.69, 9.17) is 28.9 Å². The molecule has 7 heteroatoms. The van der Waals surface area contributed by atoms with Crippen molar-refractivity contribution in [3.05, 3.63) is 70.5 Å². The van der Waals surface area contributed by atoms with Gasteiger partial charge >= 0.3 is 0 Å². The summed E-state index contributed by atoms with van der Waals surface area (Å²) in [5.41, 5.74) is 8.99. The van der Waals surface area contributed by atoms with Crippen molar-refractivity contribution >= 4 is 46.2 Å². The predicted molar refractivity (Wildman–Crippen MR) is 121 cm³/mol. The van der Waals surface area contributed by atoms with E-state index in [0.29, 0.717) is 33.2 Å². The Morgan fingerprint density at radius 2 is 1.76 bits per heavy atom. The average molecular weight is 428 g/mol. The van der Waals surface area contributed by atoms with Gasteiger partial charge in [-0.25, -0.2) is 9.97 Å². The van der Waals surface area contributed by atoms with E-state index in [9.17, 15) is 0 Å². The smallest absolute Gasteiger partial charge is 0.159 e. The minimum Gasteiger partial charge on any atom is -0.393 e. The molecule has 3 N–H and O–H groups in total. The molecular weight excluding hydrogens is 405 g/mol. The van der Waals surface area contributed by atoms with Gasteiger partial charge in [-0.05, 0) is 42.9 Å². The van der Waals surface area contributed by atoms with Crippen LogP contribution in [0, 0.1) is 5.92 Å². The summed E-state index contributed by atoms with van der Waals surface area (Å²) in [7, 11) is 0. The molecule has 0 amide bonds. The molecular formula is C22H23Cl2N5. The van der Waals surface area contributed by atoms with Crippen LogP contribution < -0.4 is 16.0 Å². The van der Waals surface area contributed by atoms with Gasteiger partial charge < -0.3 is 16.0 Å². The molecule has 1 aromatic heterocycles. The lowest BCUT2D eigenvalue weighted by molar-refractivity contribution is 0.402. The molecule has 1 fully saturated rings. The summed E-state index contributed by atoms with van der Waals surface area (Å²) in [6.07, 6.45) is 4.87. The highest BCUT2D eigenvalue weighted by atomic mass is 35.5. The number of hydrogen-bond donors (Lipinski definition) is 2. The van der Waals surface area contributed by atoms with E-state index in [0.717, 1.165) is 38.2 Å². The van der Waals surface area contributed by atoms with Crippen LogP contribution >= 0.6 is 23.2 Å². The standard InChI is InChI=1S/C22H23Cl2N5/c23-17-7-4-8-18(19(17)24)28-21-20(25)22(27-14-26-21)29-11-9-16(10-12-29)13-15-5-2-1-3-6-15/h1-8,14,16H,9-13,25H2,(H,26,27,28). The molecule has 29 heavy (non-hydrogen) atoms. The van der Waals surface area contributed by atoms with Crippen molar-refractivity contribution in [1.82, 2.24) is 9.97 Å². The highest BCUT2D eigenvalue weighted by Gasteiger charge is 2.23. The number of aromatic nitrogens is 2. The Morgan fingerprint density at radius 3 is 2.52 bits per heavy atom. The first-order chi connectivity index (χ1) is 14.1. The van der Waals surface area contributed by atoms with Crippen LogP contribution in [0.3, 0.4) is 0 Å². The van der Waals surface area contributed by atoms with Crippen molar-refractivity contribution < 1.29 is 0 Å². The second-order valence-electron chi connectivity index (χ2n) is 7.31. The molecule has 5 nitrogen and oxygen atoms in total. The molecule has 2 aromatic carbocycles. The number of nitrogens with zero attached hydrogens (tertiary/aromatic N) is 3. The van der Waals surface area contributed by atoms with Gasteiger partial charge in [-0.2, -0.15) is 0 Å². The van der Waals surface area contributed by atoms with Crippen molar-refractivity contribution in [2.24, 2.45) is 5.92 Å². The molecule has 0 saturated carbocycles. The van der Waals surface area contributed by atoms with Crippen molar-refractivity contribution in [2.75, 3.05) is 29.0 Å². The molecule has 1 saturated heterocycles. The number of nitrogens with one attached hydrogen (secondary N) is 1. The molecule has 3 aromatic rings. The van der Waals surface area contributed by atoms with Crippen LogP contribution in [0.2, 0.25) is 10.0 Å². The van der Waals surface area contributed by atoms with Crippen molar-refractivity contribution in [3.63, 3.8) is 0 Å². The fourth-order valence-electron chi connectivity index (χ4n) is 3.76. The van der Waals surface area contributed by atoms with Gasteiger partial charge in [-0.1, -0.05) is 59.6 Å². The zero-order chi connectivity index (χ0) is 20.2. The lowest BCUT2D eigenvalue weighted by atomic mass is 9.90. The van der Waals surface area contributed by atoms with Gasteiger partial charge in [0.1, 0.15) is 12.0 Å². The first-order valence-electron chi connectivity index (χ1n) is 9.72. The van der Waals surface area contributed by atoms with Crippen LogP contribution in [0.1, 0.15) is 18.4 Å². The zero-order valence-electron chi connectivity index (χ0n) is 16.0. The molecule has 0 aliphatic carbocycles. The summed E-state index contributed by atoms with van der Waals surface area (Å²) in [4.78, 5) is 11.0. The third-order valence-electron chi connectivity index (χ3n) is 5.35. The summed E-state index contributed by atoms with van der Waals surface area (Å²) < 4.78 is 0. The van der Waals surface area contributed by atoms with Crippen LogP contribution in [-0.2, 0) is 6.42 Å². The maximum absolute atomic E-state index is 6.40. The van der Waals surface area contributed by atoms with Crippen molar-refractivity contribution in [3.8, 4) is 0 Å². The van der Waals surface area contributed by atoms with Gasteiger partial charge in [-0.15, -0.1) is 0 Å². The minimum absolute atomic E-state index is 0.440. The Balaban J connectivity index is 1.45. The third kappa shape index (κ3) is 4.57. The van der Waals surface area contributed by atoms with Gasteiger partial charge in [-0.3, -0.25) is 0 Å². The SMILES string of the molecule is Nc1c(Nc2cccc(Cl)c2Cl)ncnc1N1CCC(Cc2ccccc2)CC1. The highest BCUT2D eigenvalue weighted by molar-refractivity contribution is 6.43. The van der Waals surface area contributed by atoms with E-state index in [1.54, 1.807) is 6.07 Å². The molecule has 1 aliphatic rings. The van der Waals surface area contributed by atoms with Crippen LogP contribution in [0.5, 0.6) is 0 Å². The van der Waals surface area contributed by atoms with E-state index >= 15 is 0 Å². The molecule has 0 spiro atoms. The molecule has 0 bridgehead atoms. The molecule has 150 valence electrons. The largest absolute Gasteiger partial charge is 0.393 e. The Hall–Kier alpha value is -2.50. The van der Waals surface area contributed by atoms with Gasteiger partial charge in [0.05, 0.1) is 15.7 Å². The maximum atomic E-state index is 6.40. The van der Waals surface area contributed by atoms with Gasteiger partial charge in [0.15, 0.2) is 11.6 Å². The Kier molecular flexibility index (Phi) is 6.07. The fourth-order valence-corrected chi connectivity index (χ4v) is 4.11. The predicted octanol–water partition coefficient (Wildman–Crippen LogP) is 5.57. The summed E-state index contributed by atoms with van der Waals surface area (Å²) in [5.74, 6) is 1.98. The van der Waals surface area contributed by atoms with Crippen LogP contribution in [0.4, 0.5) is 23.0 Å². The van der Waals surface area contributed by atoms with Crippen LogP contribution in [-0.4, -0.2) is 23.1 Å². The maximum Gasteiger partial charge on any atom is 0.159 e. The summed E-state index contributed by atoms with van der Waals surface area (Å²) >= 11 is 12.4. The molecule has 0 unspecified atom stereocenters. The molecule has 0 radical (unpaired) electrons.